The highest BCUT2D eigenvalue weighted by atomic mass is 16.6. The average molecular weight is 605 g/mol. The first-order valence-electron chi connectivity index (χ1n) is 15.1. The van der Waals surface area contributed by atoms with Gasteiger partial charge < -0.3 is 23.7 Å². The minimum absolute atomic E-state index is 0.322. The van der Waals surface area contributed by atoms with Gasteiger partial charge in [0.15, 0.2) is 0 Å². The van der Waals surface area contributed by atoms with Crippen LogP contribution in [0.3, 0.4) is 0 Å². The zero-order valence-corrected chi connectivity index (χ0v) is 27.2. The summed E-state index contributed by atoms with van der Waals surface area (Å²) < 4.78 is 29.4. The zero-order valence-electron chi connectivity index (χ0n) is 27.2. The average Bonchev–Trinajstić information content (AvgIpc) is 2.82. The summed E-state index contributed by atoms with van der Waals surface area (Å²) in [6, 6.07) is 0. The Balaban J connectivity index is 2.22. The Morgan fingerprint density at radius 3 is 1.93 bits per heavy atom. The van der Waals surface area contributed by atoms with Crippen LogP contribution in [0.4, 0.5) is 0 Å². The molecule has 0 aromatic carbocycles. The van der Waals surface area contributed by atoms with Gasteiger partial charge in [-0.25, -0.2) is 0 Å². The third kappa shape index (κ3) is 7.15. The van der Waals surface area contributed by atoms with Gasteiger partial charge in [-0.3, -0.25) is 24.0 Å². The maximum atomic E-state index is 13.5. The summed E-state index contributed by atoms with van der Waals surface area (Å²) in [6.07, 6.45) is -1.53. The number of ether oxygens (including phenoxy) is 5. The van der Waals surface area contributed by atoms with Crippen LogP contribution >= 0.6 is 0 Å². The summed E-state index contributed by atoms with van der Waals surface area (Å²) in [5.74, 6) is -4.24. The maximum absolute atomic E-state index is 13.5. The van der Waals surface area contributed by atoms with Crippen molar-refractivity contribution in [2.24, 2.45) is 28.6 Å². The molecular formula is C33H48O10. The van der Waals surface area contributed by atoms with Gasteiger partial charge in [0, 0.05) is 46.0 Å². The van der Waals surface area contributed by atoms with E-state index in [9.17, 15) is 24.0 Å². The van der Waals surface area contributed by atoms with Crippen LogP contribution in [0.1, 0.15) is 94.9 Å². The van der Waals surface area contributed by atoms with E-state index in [0.717, 1.165) is 11.1 Å². The van der Waals surface area contributed by atoms with Crippen LogP contribution < -0.4 is 0 Å². The van der Waals surface area contributed by atoms with Crippen molar-refractivity contribution in [1.29, 1.82) is 0 Å². The van der Waals surface area contributed by atoms with E-state index in [1.54, 1.807) is 13.8 Å². The van der Waals surface area contributed by atoms with Gasteiger partial charge in [-0.05, 0) is 62.0 Å². The van der Waals surface area contributed by atoms with Crippen molar-refractivity contribution < 1.29 is 47.7 Å². The smallest absolute Gasteiger partial charge is 0.312 e. The third-order valence-corrected chi connectivity index (χ3v) is 9.71. The number of carbonyl (C=O) groups excluding carboxylic acids is 5. The van der Waals surface area contributed by atoms with Crippen LogP contribution in [0.5, 0.6) is 0 Å². The molecule has 2 saturated carbocycles. The lowest BCUT2D eigenvalue weighted by Crippen LogP contribution is -2.60. The second kappa shape index (κ2) is 12.8. The Hall–Kier alpha value is -3.17. The van der Waals surface area contributed by atoms with Gasteiger partial charge in [-0.15, -0.1) is 0 Å². The van der Waals surface area contributed by atoms with Crippen LogP contribution in [-0.4, -0.2) is 60.4 Å². The van der Waals surface area contributed by atoms with E-state index in [-0.39, 0.29) is 0 Å². The molecule has 0 aliphatic heterocycles. The van der Waals surface area contributed by atoms with Crippen molar-refractivity contribution in [2.45, 2.75) is 125 Å². The summed E-state index contributed by atoms with van der Waals surface area (Å²) in [5, 5.41) is 0. The largest absolute Gasteiger partial charge is 0.462 e. The van der Waals surface area contributed by atoms with E-state index >= 15 is 0 Å². The molecule has 0 unspecified atom stereocenters. The topological polar surface area (TPSA) is 132 Å². The van der Waals surface area contributed by atoms with E-state index in [0.29, 0.717) is 31.3 Å². The molecule has 0 aromatic rings. The van der Waals surface area contributed by atoms with Gasteiger partial charge >= 0.3 is 29.8 Å². The fourth-order valence-corrected chi connectivity index (χ4v) is 7.96. The molecule has 10 heteroatoms. The number of hydrogen-bond acceptors (Lipinski definition) is 10. The standard InChI is InChI=1S/C33H48O10/c1-16-14-25(43-31(38)17(2)19(4)39-20(5)34)29-30(42-23(8)37)28-18(3)24(40-21(6)35)12-13-33(28,11)15-26(41-22(7)36)27(16)32(29,9)10/h17,19,24-26,28-30H,3,12-15H2,1-2,4-11H3/t17-,19+,24+,25+,26+,28+,29+,30+,33+/m1/s1. The van der Waals surface area contributed by atoms with E-state index in [4.69, 9.17) is 23.7 Å². The summed E-state index contributed by atoms with van der Waals surface area (Å²) in [4.78, 5) is 62.3. The molecule has 2 fully saturated rings. The number of carbonyl (C=O) groups is 5. The van der Waals surface area contributed by atoms with Crippen molar-refractivity contribution in [3.63, 3.8) is 0 Å². The highest BCUT2D eigenvalue weighted by molar-refractivity contribution is 5.74. The van der Waals surface area contributed by atoms with E-state index in [1.807, 2.05) is 20.8 Å². The van der Waals surface area contributed by atoms with Gasteiger partial charge in [-0.2, -0.15) is 0 Å². The van der Waals surface area contributed by atoms with Crippen molar-refractivity contribution in [1.82, 2.24) is 0 Å². The molecule has 0 aromatic heterocycles. The van der Waals surface area contributed by atoms with Crippen LogP contribution in [0.25, 0.3) is 0 Å². The molecule has 0 amide bonds. The second-order valence-electron chi connectivity index (χ2n) is 13.4. The number of hydrogen-bond donors (Lipinski definition) is 0. The zero-order chi connectivity index (χ0) is 32.6. The Morgan fingerprint density at radius 1 is 0.837 bits per heavy atom. The normalized spacial score (nSPS) is 33.0. The first-order chi connectivity index (χ1) is 19.8. The molecule has 0 saturated heterocycles. The lowest BCUT2D eigenvalue weighted by molar-refractivity contribution is -0.189. The lowest BCUT2D eigenvalue weighted by Gasteiger charge is -2.58. The predicted molar refractivity (Wildman–Crippen MR) is 156 cm³/mol. The van der Waals surface area contributed by atoms with Gasteiger partial charge in [0.05, 0.1) is 5.92 Å². The summed E-state index contributed by atoms with van der Waals surface area (Å²) >= 11 is 0. The van der Waals surface area contributed by atoms with Crippen LogP contribution in [0.15, 0.2) is 23.3 Å². The molecule has 43 heavy (non-hydrogen) atoms. The van der Waals surface area contributed by atoms with Crippen molar-refractivity contribution >= 4 is 29.8 Å². The molecule has 2 bridgehead atoms. The maximum Gasteiger partial charge on any atom is 0.312 e. The molecule has 240 valence electrons. The summed E-state index contributed by atoms with van der Waals surface area (Å²) in [7, 11) is 0. The Kier molecular flexibility index (Phi) is 10.2. The molecular weight excluding hydrogens is 556 g/mol. The summed E-state index contributed by atoms with van der Waals surface area (Å²) in [5.41, 5.74) is 1.13. The van der Waals surface area contributed by atoms with Gasteiger partial charge in [-0.1, -0.05) is 32.9 Å². The molecule has 9 atom stereocenters. The molecule has 10 nitrogen and oxygen atoms in total. The fourth-order valence-electron chi connectivity index (χ4n) is 7.96. The molecule has 0 N–H and O–H groups in total. The highest BCUT2D eigenvalue weighted by Crippen LogP contribution is 2.60. The molecule has 3 rings (SSSR count). The van der Waals surface area contributed by atoms with Crippen molar-refractivity contribution in [3.8, 4) is 0 Å². The summed E-state index contributed by atoms with van der Waals surface area (Å²) in [6.45, 7) is 21.0. The Morgan fingerprint density at radius 2 is 1.40 bits per heavy atom. The monoisotopic (exact) mass is 604 g/mol. The molecule has 3 aliphatic rings. The van der Waals surface area contributed by atoms with Crippen LogP contribution in [-0.2, 0) is 47.7 Å². The minimum Gasteiger partial charge on any atom is -0.462 e. The van der Waals surface area contributed by atoms with Crippen LogP contribution in [0, 0.1) is 28.6 Å². The fraction of sp³-hybridized carbons (Fsp3) is 0.727. The van der Waals surface area contributed by atoms with Crippen molar-refractivity contribution in [2.75, 3.05) is 0 Å². The highest BCUT2D eigenvalue weighted by Gasteiger charge is 2.61. The SMILES string of the molecule is C=C1[C@@H](OC(C)=O)CC[C@@]2(C)C[C@H](OC(C)=O)C3=C(C)C[C@H](OC(=O)[C@H](C)[C@H](C)OC(C)=O)[C@@H]([C@@H](OC(C)=O)[C@H]12)C3(C)C. The molecule has 0 heterocycles. The van der Waals surface area contributed by atoms with Crippen molar-refractivity contribution in [3.05, 3.63) is 23.3 Å². The van der Waals surface area contributed by atoms with E-state index in [2.05, 4.69) is 13.5 Å². The number of fused-ring (bicyclic) bond motifs is 3. The predicted octanol–water partition coefficient (Wildman–Crippen LogP) is 5.02. The number of rotatable bonds is 7. The lowest BCUT2D eigenvalue weighted by atomic mass is 9.50. The van der Waals surface area contributed by atoms with Gasteiger partial charge in [0.2, 0.25) is 0 Å². The third-order valence-electron chi connectivity index (χ3n) is 9.71. The van der Waals surface area contributed by atoms with E-state index < -0.39 is 89.0 Å². The quantitative estimate of drug-likeness (QED) is 0.222. The Bertz CT molecular complexity index is 1200. The van der Waals surface area contributed by atoms with Gasteiger partial charge in [0.25, 0.3) is 0 Å². The minimum atomic E-state index is -0.802. The molecule has 0 spiro atoms. The second-order valence-corrected chi connectivity index (χ2v) is 13.4. The van der Waals surface area contributed by atoms with E-state index in [1.165, 1.54) is 27.7 Å². The first kappa shape index (κ1) is 34.3. The Labute approximate surface area is 254 Å². The first-order valence-corrected chi connectivity index (χ1v) is 15.1. The molecule has 3 aliphatic carbocycles. The van der Waals surface area contributed by atoms with Gasteiger partial charge in [0.1, 0.15) is 30.5 Å². The number of esters is 5. The van der Waals surface area contributed by atoms with Crippen LogP contribution in [0.2, 0.25) is 0 Å². The molecule has 0 radical (unpaired) electrons.